The number of nitrogens with zero attached hydrogens (tertiary/aromatic N) is 1. The van der Waals surface area contributed by atoms with Crippen molar-refractivity contribution in [2.45, 2.75) is 4.90 Å². The van der Waals surface area contributed by atoms with Crippen molar-refractivity contribution in [1.29, 1.82) is 0 Å². The van der Waals surface area contributed by atoms with Crippen LogP contribution in [0.4, 0.5) is 5.69 Å². The van der Waals surface area contributed by atoms with Crippen molar-refractivity contribution in [2.75, 3.05) is 0 Å². The topological polar surface area (TPSA) is 60.2 Å². The van der Waals surface area contributed by atoms with Crippen LogP contribution in [0.15, 0.2) is 46.9 Å². The second kappa shape index (κ2) is 4.50. The first-order chi connectivity index (χ1) is 6.66. The van der Waals surface area contributed by atoms with Gasteiger partial charge in [0.15, 0.2) is 0 Å². The Bertz CT molecular complexity index is 435. The van der Waals surface area contributed by atoms with Gasteiger partial charge in [-0.25, -0.2) is 4.21 Å². The first-order valence-corrected chi connectivity index (χ1v) is 4.88. The number of nitro benzene ring substituents is 1. The van der Waals surface area contributed by atoms with E-state index in [0.29, 0.717) is 0 Å². The summed E-state index contributed by atoms with van der Waals surface area (Å²) >= 11 is 0. The third kappa shape index (κ3) is 2.16. The van der Waals surface area contributed by atoms with Crippen LogP contribution in [0.3, 0.4) is 0 Å². The standard InChI is InChI=1S/C9H7NO3S/c1-2-7-14(13)9-6-4-3-5-8(9)10(11)12/h3-7H,1H2. The van der Waals surface area contributed by atoms with Crippen LogP contribution >= 0.6 is 0 Å². The first kappa shape index (κ1) is 10.4. The van der Waals surface area contributed by atoms with Crippen LogP contribution in [0, 0.1) is 10.1 Å². The number of hydrogen-bond donors (Lipinski definition) is 0. The second-order valence-corrected chi connectivity index (χ2v) is 3.61. The molecule has 0 aromatic heterocycles. The third-order valence-corrected chi connectivity index (χ3v) is 2.63. The summed E-state index contributed by atoms with van der Waals surface area (Å²) in [5.41, 5.74) is 2.18. The van der Waals surface area contributed by atoms with Crippen LogP contribution < -0.4 is 0 Å². The van der Waals surface area contributed by atoms with Gasteiger partial charge in [-0.1, -0.05) is 18.7 Å². The van der Waals surface area contributed by atoms with Crippen molar-refractivity contribution in [1.82, 2.24) is 0 Å². The summed E-state index contributed by atoms with van der Waals surface area (Å²) in [7, 11) is -1.56. The predicted molar refractivity (Wildman–Crippen MR) is 53.2 cm³/mol. The molecule has 0 spiro atoms. The van der Waals surface area contributed by atoms with Crippen LogP contribution in [-0.2, 0) is 10.8 Å². The highest BCUT2D eigenvalue weighted by Gasteiger charge is 2.15. The van der Waals surface area contributed by atoms with E-state index in [1.54, 1.807) is 6.07 Å². The maximum atomic E-state index is 11.4. The van der Waals surface area contributed by atoms with Crippen LogP contribution in [-0.4, -0.2) is 9.13 Å². The van der Waals surface area contributed by atoms with E-state index < -0.39 is 15.7 Å². The molecular weight excluding hydrogens is 202 g/mol. The van der Waals surface area contributed by atoms with E-state index in [9.17, 15) is 14.3 Å². The molecule has 4 nitrogen and oxygen atoms in total. The largest absolute Gasteiger partial charge is 0.285 e. The molecule has 0 N–H and O–H groups in total. The smallest absolute Gasteiger partial charge is 0.258 e. The number of hydrogen-bond acceptors (Lipinski definition) is 3. The molecule has 0 saturated carbocycles. The van der Waals surface area contributed by atoms with E-state index in [1.807, 2.05) is 0 Å². The first-order valence-electron chi connectivity index (χ1n) is 3.66. The minimum Gasteiger partial charge on any atom is -0.258 e. The van der Waals surface area contributed by atoms with Crippen molar-refractivity contribution in [3.05, 3.63) is 52.1 Å². The Hall–Kier alpha value is -1.71. The van der Waals surface area contributed by atoms with Gasteiger partial charge < -0.3 is 0 Å². The molecule has 5 heteroatoms. The molecule has 0 radical (unpaired) electrons. The minimum atomic E-state index is -1.56. The van der Waals surface area contributed by atoms with Gasteiger partial charge in [0, 0.05) is 11.5 Å². The van der Waals surface area contributed by atoms with Crippen LogP contribution in [0.1, 0.15) is 0 Å². The monoisotopic (exact) mass is 209 g/mol. The van der Waals surface area contributed by atoms with E-state index in [0.717, 1.165) is 0 Å². The van der Waals surface area contributed by atoms with Gasteiger partial charge in [0.05, 0.1) is 15.7 Å². The van der Waals surface area contributed by atoms with E-state index in [4.69, 9.17) is 0 Å². The van der Waals surface area contributed by atoms with E-state index in [2.05, 4.69) is 12.3 Å². The van der Waals surface area contributed by atoms with Crippen molar-refractivity contribution < 1.29 is 9.13 Å². The van der Waals surface area contributed by atoms with Gasteiger partial charge in [0.25, 0.3) is 5.69 Å². The summed E-state index contributed by atoms with van der Waals surface area (Å²) in [5, 5.41) is 11.7. The molecule has 0 aliphatic rings. The van der Waals surface area contributed by atoms with Crippen LogP contribution in [0.25, 0.3) is 0 Å². The minimum absolute atomic E-state index is 0.155. The molecule has 0 amide bonds. The van der Waals surface area contributed by atoms with Gasteiger partial charge in [-0.3, -0.25) is 10.1 Å². The van der Waals surface area contributed by atoms with Gasteiger partial charge in [-0.2, -0.15) is 0 Å². The summed E-state index contributed by atoms with van der Waals surface area (Å²) < 4.78 is 11.4. The summed E-state index contributed by atoms with van der Waals surface area (Å²) in [6.45, 7) is 3.26. The molecule has 1 atom stereocenters. The van der Waals surface area contributed by atoms with Crippen molar-refractivity contribution in [3.63, 3.8) is 0 Å². The van der Waals surface area contributed by atoms with Crippen LogP contribution in [0.2, 0.25) is 0 Å². The number of para-hydroxylation sites is 1. The number of nitro groups is 1. The Kier molecular flexibility index (Phi) is 3.34. The van der Waals surface area contributed by atoms with Gasteiger partial charge in [0.1, 0.15) is 4.90 Å². The molecule has 72 valence electrons. The van der Waals surface area contributed by atoms with Gasteiger partial charge in [-0.05, 0) is 6.07 Å². The van der Waals surface area contributed by atoms with Gasteiger partial charge >= 0.3 is 0 Å². The van der Waals surface area contributed by atoms with Crippen molar-refractivity contribution in [3.8, 4) is 0 Å². The van der Waals surface area contributed by atoms with Crippen molar-refractivity contribution >= 4 is 16.5 Å². The maximum absolute atomic E-state index is 11.4. The number of rotatable bonds is 3. The fourth-order valence-corrected chi connectivity index (χ4v) is 1.76. The van der Waals surface area contributed by atoms with E-state index >= 15 is 0 Å². The Morgan fingerprint density at radius 1 is 1.50 bits per heavy atom. The number of benzene rings is 1. The lowest BCUT2D eigenvalue weighted by Gasteiger charge is -1.97. The average molecular weight is 209 g/mol. The molecule has 0 bridgehead atoms. The zero-order valence-electron chi connectivity index (χ0n) is 7.17. The fraction of sp³-hybridized carbons (Fsp3) is 0. The molecule has 0 aliphatic heterocycles. The molecule has 1 unspecified atom stereocenters. The average Bonchev–Trinajstić information content (AvgIpc) is 2.18. The quantitative estimate of drug-likeness (QED) is 0.434. The zero-order valence-corrected chi connectivity index (χ0v) is 7.99. The summed E-state index contributed by atoms with van der Waals surface area (Å²) in [6, 6.07) is 5.87. The lowest BCUT2D eigenvalue weighted by Crippen LogP contribution is -1.95. The maximum Gasteiger partial charge on any atom is 0.285 e. The molecule has 14 heavy (non-hydrogen) atoms. The van der Waals surface area contributed by atoms with Crippen LogP contribution in [0.5, 0.6) is 0 Å². The zero-order chi connectivity index (χ0) is 10.6. The summed E-state index contributed by atoms with van der Waals surface area (Å²) in [4.78, 5) is 10.1. The molecule has 1 aromatic rings. The highest BCUT2D eigenvalue weighted by atomic mass is 32.2. The summed E-state index contributed by atoms with van der Waals surface area (Å²) in [6.07, 6.45) is 0. The second-order valence-electron chi connectivity index (χ2n) is 2.34. The molecule has 0 heterocycles. The Labute approximate surface area is 83.2 Å². The summed E-state index contributed by atoms with van der Waals surface area (Å²) in [5.74, 6) is 0. The highest BCUT2D eigenvalue weighted by molar-refractivity contribution is 7.88. The predicted octanol–water partition coefficient (Wildman–Crippen LogP) is 2.00. The highest BCUT2D eigenvalue weighted by Crippen LogP contribution is 2.21. The fourth-order valence-electron chi connectivity index (χ4n) is 0.917. The van der Waals surface area contributed by atoms with Crippen molar-refractivity contribution in [2.24, 2.45) is 0 Å². The lowest BCUT2D eigenvalue weighted by molar-refractivity contribution is -0.387. The SMILES string of the molecule is C=C=CS(=O)c1ccccc1[N+](=O)[O-]. The van der Waals surface area contributed by atoms with E-state index in [-0.39, 0.29) is 10.6 Å². The Balaban J connectivity index is 3.26. The third-order valence-electron chi connectivity index (χ3n) is 1.47. The molecule has 0 fully saturated rings. The Morgan fingerprint density at radius 3 is 2.71 bits per heavy atom. The molecule has 1 aromatic carbocycles. The van der Waals surface area contributed by atoms with Gasteiger partial charge in [-0.15, -0.1) is 5.73 Å². The normalized spacial score (nSPS) is 11.4. The molecular formula is C9H7NO3S. The molecule has 1 rings (SSSR count). The van der Waals surface area contributed by atoms with E-state index in [1.165, 1.54) is 23.6 Å². The molecule has 0 saturated heterocycles. The van der Waals surface area contributed by atoms with Gasteiger partial charge in [0.2, 0.25) is 0 Å². The molecule has 0 aliphatic carbocycles. The Morgan fingerprint density at radius 2 is 2.14 bits per heavy atom. The lowest BCUT2D eigenvalue weighted by atomic mass is 10.3.